The van der Waals surface area contributed by atoms with Crippen LogP contribution in [0.25, 0.3) is 0 Å². The molecule has 0 aliphatic rings. The van der Waals surface area contributed by atoms with Gasteiger partial charge in [-0.05, 0) is 18.4 Å². The van der Waals surface area contributed by atoms with Crippen molar-refractivity contribution in [2.75, 3.05) is 7.11 Å². The Morgan fingerprint density at radius 3 is 3.06 bits per heavy atom. The van der Waals surface area contributed by atoms with Gasteiger partial charge in [-0.1, -0.05) is 0 Å². The van der Waals surface area contributed by atoms with Gasteiger partial charge in [0.15, 0.2) is 0 Å². The summed E-state index contributed by atoms with van der Waals surface area (Å²) in [7, 11) is 1.70. The van der Waals surface area contributed by atoms with Crippen LogP contribution in [0.1, 0.15) is 16.1 Å². The van der Waals surface area contributed by atoms with Crippen LogP contribution in [0.5, 0.6) is 5.75 Å². The molecule has 0 saturated carbocycles. The normalized spacial score (nSPS) is 10.6. The molecule has 0 fully saturated rings. The third kappa shape index (κ3) is 2.43. The molecule has 4 nitrogen and oxygen atoms in total. The van der Waals surface area contributed by atoms with Crippen molar-refractivity contribution in [3.8, 4) is 5.75 Å². The fourth-order valence-electron chi connectivity index (χ4n) is 1.50. The number of hydrogen-bond acceptors (Lipinski definition) is 4. The number of nitrogens with zero attached hydrogens (tertiary/aromatic N) is 1. The predicted molar refractivity (Wildman–Crippen MR) is 64.7 cm³/mol. The Morgan fingerprint density at radius 1 is 1.50 bits per heavy atom. The molecule has 16 heavy (non-hydrogen) atoms. The second-order valence-corrected chi connectivity index (χ2v) is 4.54. The van der Waals surface area contributed by atoms with E-state index in [0.717, 1.165) is 24.5 Å². The highest BCUT2D eigenvalue weighted by Crippen LogP contribution is 2.23. The van der Waals surface area contributed by atoms with Gasteiger partial charge in [0.2, 0.25) is 0 Å². The maximum Gasteiger partial charge on any atom is 0.134 e. The monoisotopic (exact) mass is 237 g/mol. The molecule has 0 saturated heterocycles. The van der Waals surface area contributed by atoms with E-state index in [1.54, 1.807) is 18.4 Å². The van der Waals surface area contributed by atoms with Gasteiger partial charge in [0.05, 0.1) is 18.2 Å². The minimum atomic E-state index is 0.823. The molecule has 0 spiro atoms. The van der Waals surface area contributed by atoms with Crippen molar-refractivity contribution in [1.82, 2.24) is 15.5 Å². The minimum Gasteiger partial charge on any atom is -0.496 e. The molecule has 2 aromatic heterocycles. The van der Waals surface area contributed by atoms with Crippen LogP contribution in [0.4, 0.5) is 0 Å². The van der Waals surface area contributed by atoms with Crippen LogP contribution in [-0.2, 0) is 13.1 Å². The number of rotatable bonds is 5. The number of nitrogens with one attached hydrogen (secondary N) is 2. The topological polar surface area (TPSA) is 49.9 Å². The van der Waals surface area contributed by atoms with Gasteiger partial charge in [-0.25, -0.2) is 0 Å². The van der Waals surface area contributed by atoms with Gasteiger partial charge in [0.25, 0.3) is 0 Å². The maximum absolute atomic E-state index is 5.25. The third-order valence-electron chi connectivity index (χ3n) is 2.46. The Kier molecular flexibility index (Phi) is 3.58. The molecule has 0 unspecified atom stereocenters. The van der Waals surface area contributed by atoms with E-state index >= 15 is 0 Å². The average molecular weight is 237 g/mol. The molecule has 0 bridgehead atoms. The second kappa shape index (κ2) is 5.14. The summed E-state index contributed by atoms with van der Waals surface area (Å²) in [5.41, 5.74) is 2.32. The molecule has 2 aromatic rings. The van der Waals surface area contributed by atoms with Crippen LogP contribution in [0.2, 0.25) is 0 Å². The van der Waals surface area contributed by atoms with Gasteiger partial charge in [-0.15, -0.1) is 11.3 Å². The van der Waals surface area contributed by atoms with Crippen molar-refractivity contribution in [3.05, 3.63) is 33.8 Å². The molecule has 0 atom stereocenters. The Labute approximate surface area is 98.6 Å². The van der Waals surface area contributed by atoms with E-state index in [-0.39, 0.29) is 0 Å². The van der Waals surface area contributed by atoms with Gasteiger partial charge >= 0.3 is 0 Å². The summed E-state index contributed by atoms with van der Waals surface area (Å²) in [4.78, 5) is 1.23. The van der Waals surface area contributed by atoms with Gasteiger partial charge in [0.1, 0.15) is 5.75 Å². The lowest BCUT2D eigenvalue weighted by atomic mass is 10.2. The molecule has 0 amide bonds. The van der Waals surface area contributed by atoms with Crippen molar-refractivity contribution >= 4 is 11.3 Å². The lowest BCUT2D eigenvalue weighted by molar-refractivity contribution is 0.410. The first kappa shape index (κ1) is 11.2. The molecule has 2 heterocycles. The largest absolute Gasteiger partial charge is 0.496 e. The molecular formula is C11H15N3OS. The molecule has 0 aliphatic heterocycles. The summed E-state index contributed by atoms with van der Waals surface area (Å²) < 4.78 is 5.25. The Bertz CT molecular complexity index is 450. The number of aromatic amines is 1. The van der Waals surface area contributed by atoms with E-state index < -0.39 is 0 Å². The Morgan fingerprint density at radius 2 is 2.38 bits per heavy atom. The van der Waals surface area contributed by atoms with Crippen LogP contribution in [0.15, 0.2) is 17.6 Å². The lowest BCUT2D eigenvalue weighted by Gasteiger charge is -2.04. The average Bonchev–Trinajstić information content (AvgIpc) is 2.88. The molecule has 0 aromatic carbocycles. The van der Waals surface area contributed by atoms with Crippen LogP contribution in [-0.4, -0.2) is 17.3 Å². The van der Waals surface area contributed by atoms with Gasteiger partial charge in [-0.2, -0.15) is 5.10 Å². The van der Waals surface area contributed by atoms with Crippen molar-refractivity contribution in [2.45, 2.75) is 20.0 Å². The van der Waals surface area contributed by atoms with E-state index in [2.05, 4.69) is 15.5 Å². The van der Waals surface area contributed by atoms with Crippen molar-refractivity contribution in [3.63, 3.8) is 0 Å². The van der Waals surface area contributed by atoms with E-state index in [4.69, 9.17) is 4.74 Å². The molecule has 5 heteroatoms. The van der Waals surface area contributed by atoms with Gasteiger partial charge < -0.3 is 10.1 Å². The van der Waals surface area contributed by atoms with E-state index in [0.29, 0.717) is 0 Å². The number of aromatic nitrogens is 2. The molecule has 0 aliphatic carbocycles. The molecule has 0 radical (unpaired) electrons. The SMILES string of the molecule is COc1ccsc1CNCc1cn[nH]c1C. The first-order valence-electron chi connectivity index (χ1n) is 5.11. The van der Waals surface area contributed by atoms with Crippen molar-refractivity contribution < 1.29 is 4.74 Å². The zero-order valence-corrected chi connectivity index (χ0v) is 10.2. The van der Waals surface area contributed by atoms with Crippen LogP contribution >= 0.6 is 11.3 Å². The number of thiophene rings is 1. The maximum atomic E-state index is 5.25. The Balaban J connectivity index is 1.87. The van der Waals surface area contributed by atoms with Gasteiger partial charge in [-0.3, -0.25) is 5.10 Å². The van der Waals surface area contributed by atoms with Crippen molar-refractivity contribution in [2.24, 2.45) is 0 Å². The third-order valence-corrected chi connectivity index (χ3v) is 3.36. The molecule has 2 rings (SSSR count). The Hall–Kier alpha value is -1.33. The summed E-state index contributed by atoms with van der Waals surface area (Å²) >= 11 is 1.70. The molecule has 2 N–H and O–H groups in total. The van der Waals surface area contributed by atoms with Crippen molar-refractivity contribution in [1.29, 1.82) is 0 Å². The molecule has 86 valence electrons. The summed E-state index contributed by atoms with van der Waals surface area (Å²) in [5.74, 6) is 0.960. The van der Waals surface area contributed by atoms with E-state index in [1.807, 2.05) is 24.6 Å². The number of ether oxygens (including phenoxy) is 1. The second-order valence-electron chi connectivity index (χ2n) is 3.54. The lowest BCUT2D eigenvalue weighted by Crippen LogP contribution is -2.12. The predicted octanol–water partition coefficient (Wildman–Crippen LogP) is 2.08. The fraction of sp³-hybridized carbons (Fsp3) is 0.364. The highest BCUT2D eigenvalue weighted by molar-refractivity contribution is 7.10. The highest BCUT2D eigenvalue weighted by atomic mass is 32.1. The first-order chi connectivity index (χ1) is 7.81. The highest BCUT2D eigenvalue weighted by Gasteiger charge is 2.04. The number of hydrogen-bond donors (Lipinski definition) is 2. The zero-order valence-electron chi connectivity index (χ0n) is 9.41. The quantitative estimate of drug-likeness (QED) is 0.837. The van der Waals surface area contributed by atoms with E-state index in [9.17, 15) is 0 Å². The summed E-state index contributed by atoms with van der Waals surface area (Å²) in [6.07, 6.45) is 1.86. The van der Waals surface area contributed by atoms with E-state index in [1.165, 1.54) is 10.4 Å². The summed E-state index contributed by atoms with van der Waals surface area (Å²) in [5, 5.41) is 12.3. The molecular weight excluding hydrogens is 222 g/mol. The smallest absolute Gasteiger partial charge is 0.134 e. The van der Waals surface area contributed by atoms with Crippen LogP contribution in [0, 0.1) is 6.92 Å². The van der Waals surface area contributed by atoms with Crippen LogP contribution < -0.4 is 10.1 Å². The summed E-state index contributed by atoms with van der Waals surface area (Å²) in [6, 6.07) is 1.99. The number of aryl methyl sites for hydroxylation is 1. The standard InChI is InChI=1S/C11H15N3OS/c1-8-9(6-13-14-8)5-12-7-11-10(15-2)3-4-16-11/h3-4,6,12H,5,7H2,1-2H3,(H,13,14). The number of H-pyrrole nitrogens is 1. The minimum absolute atomic E-state index is 0.823. The first-order valence-corrected chi connectivity index (χ1v) is 5.99. The number of methoxy groups -OCH3 is 1. The van der Waals surface area contributed by atoms with Gasteiger partial charge in [0, 0.05) is 24.3 Å². The zero-order chi connectivity index (χ0) is 11.4. The summed E-state index contributed by atoms with van der Waals surface area (Å²) in [6.45, 7) is 3.67. The van der Waals surface area contributed by atoms with Crippen LogP contribution in [0.3, 0.4) is 0 Å². The fourth-order valence-corrected chi connectivity index (χ4v) is 2.31.